The Morgan fingerprint density at radius 1 is 1.10 bits per heavy atom. The third-order valence-electron chi connectivity index (χ3n) is 4.58. The molecule has 1 N–H and O–H groups in total. The number of ether oxygens (including phenoxy) is 1. The number of Topliss-reactive ketones (excluding diaryl/α,β-unsaturated/α-hetero) is 1. The number of benzene rings is 2. The molecular formula is C20H22N2O7S. The van der Waals surface area contributed by atoms with Crippen LogP contribution < -0.4 is 4.72 Å². The average molecular weight is 434 g/mol. The molecule has 0 saturated carbocycles. The zero-order chi connectivity index (χ0) is 22.5. The Morgan fingerprint density at radius 3 is 2.13 bits per heavy atom. The molecule has 0 radical (unpaired) electrons. The number of hydrogen-bond acceptors (Lipinski definition) is 7. The molecule has 0 aliphatic rings. The van der Waals surface area contributed by atoms with Crippen LogP contribution in [-0.4, -0.2) is 38.2 Å². The zero-order valence-corrected chi connectivity index (χ0v) is 17.5. The van der Waals surface area contributed by atoms with Gasteiger partial charge in [-0.25, -0.2) is 8.42 Å². The van der Waals surface area contributed by atoms with Gasteiger partial charge in [-0.1, -0.05) is 31.2 Å². The van der Waals surface area contributed by atoms with E-state index < -0.39 is 32.9 Å². The Balaban J connectivity index is 2.22. The van der Waals surface area contributed by atoms with Crippen LogP contribution in [0.1, 0.15) is 29.8 Å². The molecule has 0 saturated heterocycles. The summed E-state index contributed by atoms with van der Waals surface area (Å²) in [5.41, 5.74) is 1.12. The van der Waals surface area contributed by atoms with Crippen molar-refractivity contribution in [3.63, 3.8) is 0 Å². The molecule has 2 rings (SSSR count). The first-order chi connectivity index (χ1) is 14.0. The van der Waals surface area contributed by atoms with Crippen LogP contribution in [0, 0.1) is 16.0 Å². The van der Waals surface area contributed by atoms with Crippen molar-refractivity contribution in [2.75, 3.05) is 7.11 Å². The molecule has 2 aromatic carbocycles. The third-order valence-corrected chi connectivity index (χ3v) is 6.04. The summed E-state index contributed by atoms with van der Waals surface area (Å²) >= 11 is 0. The second kappa shape index (κ2) is 9.59. The molecule has 2 atom stereocenters. The maximum absolute atomic E-state index is 12.7. The third kappa shape index (κ3) is 5.71. The summed E-state index contributed by atoms with van der Waals surface area (Å²) in [6, 6.07) is 9.97. The number of sulfonamides is 1. The fraction of sp³-hybridized carbons (Fsp3) is 0.300. The Labute approximate surface area is 174 Å². The SMILES string of the molecule is COC(=O)[C@@H](NS(=O)(=O)c1ccc([N+](=O)[O-])cc1)[C@@H](C)Cc1ccc(C(C)=O)cc1. The van der Waals surface area contributed by atoms with Crippen LogP contribution in [0.3, 0.4) is 0 Å². The summed E-state index contributed by atoms with van der Waals surface area (Å²) in [7, 11) is -2.97. The minimum Gasteiger partial charge on any atom is -0.468 e. The van der Waals surface area contributed by atoms with E-state index in [0.29, 0.717) is 12.0 Å². The highest BCUT2D eigenvalue weighted by Crippen LogP contribution is 2.19. The Kier molecular flexibility index (Phi) is 7.41. The van der Waals surface area contributed by atoms with E-state index in [2.05, 4.69) is 4.72 Å². The number of ketones is 1. The van der Waals surface area contributed by atoms with Crippen molar-refractivity contribution in [1.29, 1.82) is 0 Å². The predicted molar refractivity (Wildman–Crippen MR) is 109 cm³/mol. The number of nitro benzene ring substituents is 1. The molecule has 0 amide bonds. The summed E-state index contributed by atoms with van der Waals surface area (Å²) in [5.74, 6) is -1.31. The minimum absolute atomic E-state index is 0.0714. The molecule has 30 heavy (non-hydrogen) atoms. The van der Waals surface area contributed by atoms with Crippen LogP contribution in [0.2, 0.25) is 0 Å². The normalized spacial score (nSPS) is 13.3. The van der Waals surface area contributed by atoms with E-state index in [9.17, 15) is 28.1 Å². The van der Waals surface area contributed by atoms with Gasteiger partial charge in [-0.05, 0) is 37.0 Å². The summed E-state index contributed by atoms with van der Waals surface area (Å²) in [6.07, 6.45) is 0.348. The monoisotopic (exact) mass is 434 g/mol. The molecule has 0 spiro atoms. The zero-order valence-electron chi connectivity index (χ0n) is 16.7. The first kappa shape index (κ1) is 23.2. The van der Waals surface area contributed by atoms with Crippen LogP contribution in [0.25, 0.3) is 0 Å². The van der Waals surface area contributed by atoms with Gasteiger partial charge in [0.15, 0.2) is 5.78 Å². The van der Waals surface area contributed by atoms with E-state index in [-0.39, 0.29) is 16.4 Å². The van der Waals surface area contributed by atoms with Gasteiger partial charge in [0.25, 0.3) is 5.69 Å². The van der Waals surface area contributed by atoms with E-state index >= 15 is 0 Å². The molecule has 0 aliphatic heterocycles. The Hall–Kier alpha value is -3.11. The summed E-state index contributed by atoms with van der Waals surface area (Å²) in [5, 5.41) is 10.7. The van der Waals surface area contributed by atoms with Gasteiger partial charge in [-0.3, -0.25) is 19.7 Å². The number of nitrogens with one attached hydrogen (secondary N) is 1. The van der Waals surface area contributed by atoms with E-state index in [4.69, 9.17) is 4.74 Å². The van der Waals surface area contributed by atoms with Crippen molar-refractivity contribution in [3.05, 3.63) is 69.8 Å². The molecule has 0 fully saturated rings. The number of hydrogen-bond donors (Lipinski definition) is 1. The van der Waals surface area contributed by atoms with Gasteiger partial charge >= 0.3 is 5.97 Å². The van der Waals surface area contributed by atoms with E-state index in [0.717, 1.165) is 36.9 Å². The van der Waals surface area contributed by atoms with Gasteiger partial charge in [-0.15, -0.1) is 0 Å². The maximum Gasteiger partial charge on any atom is 0.324 e. The van der Waals surface area contributed by atoms with Crippen molar-refractivity contribution in [2.24, 2.45) is 5.92 Å². The smallest absolute Gasteiger partial charge is 0.324 e. The van der Waals surface area contributed by atoms with Gasteiger partial charge in [0.05, 0.1) is 16.9 Å². The van der Waals surface area contributed by atoms with E-state index in [1.54, 1.807) is 31.2 Å². The molecule has 0 heterocycles. The minimum atomic E-state index is -4.13. The standard InChI is InChI=1S/C20H22N2O7S/c1-13(12-15-4-6-16(7-5-15)14(2)23)19(20(24)29-3)21-30(27,28)18-10-8-17(9-11-18)22(25)26/h4-11,13,19,21H,12H2,1-3H3/t13-,19-/m0/s1. The second-order valence-electron chi connectivity index (χ2n) is 6.81. The molecule has 10 heteroatoms. The maximum atomic E-state index is 12.7. The van der Waals surface area contributed by atoms with Crippen molar-refractivity contribution in [2.45, 2.75) is 31.2 Å². The first-order valence-corrected chi connectivity index (χ1v) is 10.5. The van der Waals surface area contributed by atoms with Gasteiger partial charge < -0.3 is 4.74 Å². The average Bonchev–Trinajstić information content (AvgIpc) is 2.71. The van der Waals surface area contributed by atoms with Crippen molar-refractivity contribution < 1.29 is 27.7 Å². The number of non-ortho nitro benzene ring substituents is 1. The fourth-order valence-electron chi connectivity index (χ4n) is 2.87. The highest BCUT2D eigenvalue weighted by Gasteiger charge is 2.31. The quantitative estimate of drug-likeness (QED) is 0.277. The lowest BCUT2D eigenvalue weighted by Crippen LogP contribution is -2.46. The number of carbonyl (C=O) groups excluding carboxylic acids is 2. The Morgan fingerprint density at radius 2 is 1.67 bits per heavy atom. The molecule has 0 bridgehead atoms. The van der Waals surface area contributed by atoms with Crippen molar-refractivity contribution in [3.8, 4) is 0 Å². The summed E-state index contributed by atoms with van der Waals surface area (Å²) in [4.78, 5) is 33.5. The molecular weight excluding hydrogens is 412 g/mol. The van der Waals surface area contributed by atoms with Gasteiger partial charge in [0.1, 0.15) is 6.04 Å². The van der Waals surface area contributed by atoms with Gasteiger partial charge in [-0.2, -0.15) is 4.72 Å². The molecule has 2 aromatic rings. The van der Waals surface area contributed by atoms with Crippen LogP contribution in [0.4, 0.5) is 5.69 Å². The summed E-state index contributed by atoms with van der Waals surface area (Å²) in [6.45, 7) is 3.15. The number of carbonyl (C=O) groups is 2. The number of esters is 1. The molecule has 0 aromatic heterocycles. The van der Waals surface area contributed by atoms with Gasteiger partial charge in [0.2, 0.25) is 10.0 Å². The lowest BCUT2D eigenvalue weighted by atomic mass is 9.94. The molecule has 160 valence electrons. The van der Waals surface area contributed by atoms with Crippen LogP contribution in [0.15, 0.2) is 53.4 Å². The number of methoxy groups -OCH3 is 1. The topological polar surface area (TPSA) is 133 Å². The van der Waals surface area contributed by atoms with Gasteiger partial charge in [0, 0.05) is 17.7 Å². The summed E-state index contributed by atoms with van der Waals surface area (Å²) < 4.78 is 32.5. The van der Waals surface area contributed by atoms with Crippen molar-refractivity contribution >= 4 is 27.5 Å². The molecule has 9 nitrogen and oxygen atoms in total. The van der Waals surface area contributed by atoms with E-state index in [1.165, 1.54) is 6.92 Å². The highest BCUT2D eigenvalue weighted by molar-refractivity contribution is 7.89. The number of nitrogens with zero attached hydrogens (tertiary/aromatic N) is 1. The highest BCUT2D eigenvalue weighted by atomic mass is 32.2. The Bertz CT molecular complexity index is 1030. The predicted octanol–water partition coefficient (Wildman–Crippen LogP) is 2.50. The lowest BCUT2D eigenvalue weighted by molar-refractivity contribution is -0.384. The lowest BCUT2D eigenvalue weighted by Gasteiger charge is -2.23. The fourth-order valence-corrected chi connectivity index (χ4v) is 4.16. The first-order valence-electron chi connectivity index (χ1n) is 8.99. The van der Waals surface area contributed by atoms with Crippen molar-refractivity contribution in [1.82, 2.24) is 4.72 Å². The molecule has 0 unspecified atom stereocenters. The molecule has 0 aliphatic carbocycles. The van der Waals surface area contributed by atoms with Crippen LogP contribution in [0.5, 0.6) is 0 Å². The number of nitro groups is 1. The second-order valence-corrected chi connectivity index (χ2v) is 8.52. The van der Waals surface area contributed by atoms with E-state index in [1.807, 2.05) is 0 Å². The van der Waals surface area contributed by atoms with Crippen LogP contribution in [-0.2, 0) is 26.0 Å². The number of rotatable bonds is 9. The van der Waals surface area contributed by atoms with Crippen LogP contribution >= 0.6 is 0 Å². The largest absolute Gasteiger partial charge is 0.468 e.